The van der Waals surface area contributed by atoms with Crippen LogP contribution in [0.25, 0.3) is 0 Å². The molecule has 106 valence electrons. The highest BCUT2D eigenvalue weighted by atomic mass is 79.9. The fourth-order valence-electron chi connectivity index (χ4n) is 1.86. The number of aryl methyl sites for hydroxylation is 1. The molecule has 2 rings (SSSR count). The average molecular weight is 338 g/mol. The topological polar surface area (TPSA) is 62.5 Å². The molecule has 1 atom stereocenters. The zero-order valence-electron chi connectivity index (χ0n) is 11.3. The van der Waals surface area contributed by atoms with Crippen molar-refractivity contribution in [3.05, 3.63) is 58.0 Å². The molecule has 0 saturated carbocycles. The second-order valence-corrected chi connectivity index (χ2v) is 5.81. The molecule has 0 radical (unpaired) electrons. The first-order chi connectivity index (χ1) is 9.40. The highest BCUT2D eigenvalue weighted by Gasteiger charge is 2.27. The van der Waals surface area contributed by atoms with Gasteiger partial charge in [0.25, 0.3) is 5.91 Å². The number of aliphatic hydroxyl groups is 1. The van der Waals surface area contributed by atoms with Gasteiger partial charge in [-0.25, -0.2) is 0 Å². The summed E-state index contributed by atoms with van der Waals surface area (Å²) in [4.78, 5) is 12.2. The minimum atomic E-state index is -1.24. The van der Waals surface area contributed by atoms with Crippen LogP contribution in [0.5, 0.6) is 0 Å². The van der Waals surface area contributed by atoms with Crippen molar-refractivity contribution in [2.24, 2.45) is 0 Å². The molecule has 1 unspecified atom stereocenters. The van der Waals surface area contributed by atoms with Crippen LogP contribution >= 0.6 is 15.9 Å². The van der Waals surface area contributed by atoms with Gasteiger partial charge in [0.15, 0.2) is 0 Å². The van der Waals surface area contributed by atoms with E-state index in [1.807, 2.05) is 19.1 Å². The van der Waals surface area contributed by atoms with Gasteiger partial charge >= 0.3 is 0 Å². The Balaban J connectivity index is 2.07. The summed E-state index contributed by atoms with van der Waals surface area (Å²) in [5.41, 5.74) is 0.219. The molecule has 1 amide bonds. The number of carbonyl (C=O) groups is 1. The molecule has 4 nitrogen and oxygen atoms in total. The number of rotatable bonds is 4. The molecular formula is C15H16BrNO3. The van der Waals surface area contributed by atoms with Crippen LogP contribution in [0.4, 0.5) is 0 Å². The van der Waals surface area contributed by atoms with Crippen molar-refractivity contribution in [3.8, 4) is 0 Å². The number of amides is 1. The van der Waals surface area contributed by atoms with Crippen molar-refractivity contribution in [2.75, 3.05) is 6.54 Å². The molecule has 1 heterocycles. The van der Waals surface area contributed by atoms with Gasteiger partial charge in [0, 0.05) is 10.0 Å². The summed E-state index contributed by atoms with van der Waals surface area (Å²) >= 11 is 3.34. The summed E-state index contributed by atoms with van der Waals surface area (Å²) in [6, 6.07) is 8.88. The maximum Gasteiger partial charge on any atom is 0.251 e. The van der Waals surface area contributed by atoms with E-state index in [-0.39, 0.29) is 12.5 Å². The Morgan fingerprint density at radius 1 is 1.45 bits per heavy atom. The molecule has 20 heavy (non-hydrogen) atoms. The van der Waals surface area contributed by atoms with Crippen LogP contribution in [0.1, 0.15) is 28.6 Å². The Morgan fingerprint density at radius 2 is 2.20 bits per heavy atom. The lowest BCUT2D eigenvalue weighted by Crippen LogP contribution is -2.38. The van der Waals surface area contributed by atoms with E-state index in [0.717, 1.165) is 10.0 Å². The largest absolute Gasteiger partial charge is 0.466 e. The third-order valence-electron chi connectivity index (χ3n) is 3.09. The maximum absolute atomic E-state index is 12.2. The van der Waals surface area contributed by atoms with Gasteiger partial charge in [-0.15, -0.1) is 0 Å². The summed E-state index contributed by atoms with van der Waals surface area (Å²) in [5.74, 6) is 0.194. The van der Waals surface area contributed by atoms with Crippen molar-refractivity contribution in [2.45, 2.75) is 19.4 Å². The van der Waals surface area contributed by atoms with Gasteiger partial charge in [-0.05, 0) is 43.7 Å². The Labute approximate surface area is 125 Å². The molecule has 1 aromatic carbocycles. The standard InChI is InChI=1S/C15H16BrNO3/c1-10-5-6-11(16)8-12(10)14(18)17-9-15(2,19)13-4-3-7-20-13/h3-8,19H,9H2,1-2H3,(H,17,18). The van der Waals surface area contributed by atoms with E-state index in [4.69, 9.17) is 4.42 Å². The SMILES string of the molecule is Cc1ccc(Br)cc1C(=O)NCC(C)(O)c1ccco1. The summed E-state index contributed by atoms with van der Waals surface area (Å²) in [5, 5.41) is 13.0. The Hall–Kier alpha value is -1.59. The van der Waals surface area contributed by atoms with Gasteiger partial charge in [0.1, 0.15) is 11.4 Å². The van der Waals surface area contributed by atoms with Crippen molar-refractivity contribution in [1.82, 2.24) is 5.32 Å². The number of hydrogen-bond donors (Lipinski definition) is 2. The molecule has 2 aromatic rings. The van der Waals surface area contributed by atoms with Crippen LogP contribution in [0.2, 0.25) is 0 Å². The van der Waals surface area contributed by atoms with E-state index in [1.54, 1.807) is 25.1 Å². The molecule has 0 aliphatic carbocycles. The molecule has 2 N–H and O–H groups in total. The lowest BCUT2D eigenvalue weighted by Gasteiger charge is -2.21. The van der Waals surface area contributed by atoms with Crippen molar-refractivity contribution in [3.63, 3.8) is 0 Å². The highest BCUT2D eigenvalue weighted by Crippen LogP contribution is 2.20. The normalized spacial score (nSPS) is 13.8. The van der Waals surface area contributed by atoms with E-state index in [0.29, 0.717) is 11.3 Å². The van der Waals surface area contributed by atoms with Crippen LogP contribution in [-0.2, 0) is 5.60 Å². The third kappa shape index (κ3) is 3.29. The smallest absolute Gasteiger partial charge is 0.251 e. The fraction of sp³-hybridized carbons (Fsp3) is 0.267. The predicted octanol–water partition coefficient (Wildman–Crippen LogP) is 2.99. The highest BCUT2D eigenvalue weighted by molar-refractivity contribution is 9.10. The van der Waals surface area contributed by atoms with Gasteiger partial charge in [0.05, 0.1) is 12.8 Å². The monoisotopic (exact) mass is 337 g/mol. The van der Waals surface area contributed by atoms with Crippen LogP contribution in [0, 0.1) is 6.92 Å². The second-order valence-electron chi connectivity index (χ2n) is 4.89. The van der Waals surface area contributed by atoms with E-state index < -0.39 is 5.60 Å². The average Bonchev–Trinajstić information content (AvgIpc) is 2.93. The van der Waals surface area contributed by atoms with Crippen LogP contribution < -0.4 is 5.32 Å². The summed E-state index contributed by atoms with van der Waals surface area (Å²) in [6.07, 6.45) is 1.49. The molecule has 0 aliphatic rings. The number of hydrogen-bond acceptors (Lipinski definition) is 3. The van der Waals surface area contributed by atoms with Gasteiger partial charge in [0.2, 0.25) is 0 Å². The molecule has 0 bridgehead atoms. The van der Waals surface area contributed by atoms with E-state index in [9.17, 15) is 9.90 Å². The molecular weight excluding hydrogens is 322 g/mol. The number of nitrogens with one attached hydrogen (secondary N) is 1. The van der Waals surface area contributed by atoms with Gasteiger partial charge in [-0.1, -0.05) is 22.0 Å². The minimum Gasteiger partial charge on any atom is -0.466 e. The first-order valence-corrected chi connectivity index (χ1v) is 7.00. The minimum absolute atomic E-state index is 0.0747. The summed E-state index contributed by atoms with van der Waals surface area (Å²) in [6.45, 7) is 3.54. The third-order valence-corrected chi connectivity index (χ3v) is 3.58. The van der Waals surface area contributed by atoms with Gasteiger partial charge in [-0.3, -0.25) is 4.79 Å². The van der Waals surface area contributed by atoms with Crippen LogP contribution in [-0.4, -0.2) is 17.6 Å². The van der Waals surface area contributed by atoms with Crippen molar-refractivity contribution >= 4 is 21.8 Å². The van der Waals surface area contributed by atoms with E-state index >= 15 is 0 Å². The lowest BCUT2D eigenvalue weighted by molar-refractivity contribution is 0.0330. The van der Waals surface area contributed by atoms with Crippen molar-refractivity contribution in [1.29, 1.82) is 0 Å². The van der Waals surface area contributed by atoms with Crippen LogP contribution in [0.3, 0.4) is 0 Å². The number of halogens is 1. The van der Waals surface area contributed by atoms with E-state index in [1.165, 1.54) is 6.26 Å². The number of carbonyl (C=O) groups excluding carboxylic acids is 1. The predicted molar refractivity (Wildman–Crippen MR) is 79.5 cm³/mol. The Kier molecular flexibility index (Phi) is 4.30. The summed E-state index contributed by atoms with van der Waals surface area (Å²) < 4.78 is 6.01. The summed E-state index contributed by atoms with van der Waals surface area (Å²) in [7, 11) is 0. The first kappa shape index (κ1) is 14.8. The van der Waals surface area contributed by atoms with E-state index in [2.05, 4.69) is 21.2 Å². The molecule has 0 saturated heterocycles. The van der Waals surface area contributed by atoms with Gasteiger partial charge < -0.3 is 14.8 Å². The molecule has 1 aromatic heterocycles. The quantitative estimate of drug-likeness (QED) is 0.901. The fourth-order valence-corrected chi connectivity index (χ4v) is 2.22. The van der Waals surface area contributed by atoms with Crippen molar-refractivity contribution < 1.29 is 14.3 Å². The molecule has 0 spiro atoms. The Morgan fingerprint density at radius 3 is 2.85 bits per heavy atom. The lowest BCUT2D eigenvalue weighted by atomic mass is 10.0. The molecule has 0 aliphatic heterocycles. The maximum atomic E-state index is 12.2. The zero-order valence-corrected chi connectivity index (χ0v) is 12.9. The Bertz CT molecular complexity index is 606. The number of benzene rings is 1. The molecule has 5 heteroatoms. The zero-order chi connectivity index (χ0) is 14.8. The van der Waals surface area contributed by atoms with Crippen LogP contribution in [0.15, 0.2) is 45.5 Å². The van der Waals surface area contributed by atoms with Gasteiger partial charge in [-0.2, -0.15) is 0 Å². The first-order valence-electron chi connectivity index (χ1n) is 6.21. The second kappa shape index (κ2) is 5.81. The number of furan rings is 1. The molecule has 0 fully saturated rings.